The van der Waals surface area contributed by atoms with Crippen LogP contribution in [0.15, 0.2) is 15.6 Å². The van der Waals surface area contributed by atoms with Crippen LogP contribution in [0.1, 0.15) is 12.8 Å². The Balaban J connectivity index is 1.96. The van der Waals surface area contributed by atoms with Gasteiger partial charge in [-0.3, -0.25) is 0 Å². The molecule has 0 saturated carbocycles. The zero-order valence-electron chi connectivity index (χ0n) is 7.64. The second kappa shape index (κ2) is 3.70. The quantitative estimate of drug-likeness (QED) is 0.706. The normalized spacial score (nSPS) is 30.0. The van der Waals surface area contributed by atoms with Crippen LogP contribution in [0, 0.1) is 0 Å². The highest BCUT2D eigenvalue weighted by atomic mass is 32.2. The highest BCUT2D eigenvalue weighted by Crippen LogP contribution is 2.15. The summed E-state index contributed by atoms with van der Waals surface area (Å²) in [6.07, 6.45) is 3.33. The van der Waals surface area contributed by atoms with Gasteiger partial charge in [0.2, 0.25) is 0 Å². The lowest BCUT2D eigenvalue weighted by Gasteiger charge is -2.23. The van der Waals surface area contributed by atoms with Gasteiger partial charge in [0.25, 0.3) is 10.0 Å². The van der Waals surface area contributed by atoms with Gasteiger partial charge in [0.1, 0.15) is 6.10 Å². The standard InChI is InChI=1S/C8H12N2O3S/c11-14(12)6-8(5-10-14)13-7-2-1-3-9-4-7/h5-7,9H,1-4H2. The number of nitrogens with zero attached hydrogens (tertiary/aromatic N) is 1. The van der Waals surface area contributed by atoms with Gasteiger partial charge in [-0.15, -0.1) is 0 Å². The Morgan fingerprint density at radius 2 is 2.43 bits per heavy atom. The molecule has 5 nitrogen and oxygen atoms in total. The molecule has 0 spiro atoms. The van der Waals surface area contributed by atoms with Crippen LogP contribution >= 0.6 is 0 Å². The lowest BCUT2D eigenvalue weighted by molar-refractivity contribution is 0.107. The van der Waals surface area contributed by atoms with Crippen molar-refractivity contribution in [2.24, 2.45) is 4.40 Å². The van der Waals surface area contributed by atoms with Gasteiger partial charge in [0.15, 0.2) is 5.76 Å². The van der Waals surface area contributed by atoms with Gasteiger partial charge in [-0.05, 0) is 19.4 Å². The summed E-state index contributed by atoms with van der Waals surface area (Å²) in [5.41, 5.74) is 0. The first-order chi connectivity index (χ1) is 6.66. The van der Waals surface area contributed by atoms with Crippen LogP contribution < -0.4 is 5.32 Å². The molecule has 0 aromatic heterocycles. The summed E-state index contributed by atoms with van der Waals surface area (Å²) < 4.78 is 30.6. The van der Waals surface area contributed by atoms with E-state index in [1.807, 2.05) is 0 Å². The Labute approximate surface area is 82.9 Å². The van der Waals surface area contributed by atoms with Crippen molar-refractivity contribution < 1.29 is 13.2 Å². The summed E-state index contributed by atoms with van der Waals surface area (Å²) in [6.45, 7) is 1.77. The summed E-state index contributed by atoms with van der Waals surface area (Å²) >= 11 is 0. The van der Waals surface area contributed by atoms with E-state index in [0.29, 0.717) is 5.76 Å². The summed E-state index contributed by atoms with van der Waals surface area (Å²) in [4.78, 5) is 0. The predicted molar refractivity (Wildman–Crippen MR) is 52.5 cm³/mol. The van der Waals surface area contributed by atoms with E-state index in [2.05, 4.69) is 9.71 Å². The molecule has 2 aliphatic rings. The maximum Gasteiger partial charge on any atom is 0.279 e. The Kier molecular flexibility index (Phi) is 2.56. The smallest absolute Gasteiger partial charge is 0.279 e. The van der Waals surface area contributed by atoms with Gasteiger partial charge in [-0.25, -0.2) is 0 Å². The van der Waals surface area contributed by atoms with Crippen molar-refractivity contribution in [3.8, 4) is 0 Å². The molecule has 0 bridgehead atoms. The lowest BCUT2D eigenvalue weighted by Crippen LogP contribution is -2.35. The van der Waals surface area contributed by atoms with Crippen LogP contribution in [0.2, 0.25) is 0 Å². The monoisotopic (exact) mass is 216 g/mol. The van der Waals surface area contributed by atoms with Crippen molar-refractivity contribution in [3.05, 3.63) is 11.2 Å². The Hall–Kier alpha value is -0.880. The van der Waals surface area contributed by atoms with Gasteiger partial charge < -0.3 is 10.1 Å². The van der Waals surface area contributed by atoms with E-state index in [1.54, 1.807) is 0 Å². The fourth-order valence-electron chi connectivity index (χ4n) is 1.50. The molecule has 0 aromatic rings. The number of ether oxygens (including phenoxy) is 1. The second-order valence-electron chi connectivity index (χ2n) is 3.36. The Morgan fingerprint density at radius 3 is 3.00 bits per heavy atom. The van der Waals surface area contributed by atoms with Crippen LogP contribution in [0.25, 0.3) is 0 Å². The molecule has 1 atom stereocenters. The zero-order chi connectivity index (χ0) is 10.0. The molecule has 1 N–H and O–H groups in total. The number of hydrogen-bond donors (Lipinski definition) is 1. The topological polar surface area (TPSA) is 67.8 Å². The van der Waals surface area contributed by atoms with Crippen LogP contribution in [0.5, 0.6) is 0 Å². The first-order valence-electron chi connectivity index (χ1n) is 4.55. The minimum Gasteiger partial charge on any atom is -0.487 e. The van der Waals surface area contributed by atoms with Gasteiger partial charge in [-0.1, -0.05) is 0 Å². The third-order valence-corrected chi connectivity index (χ3v) is 3.08. The summed E-state index contributed by atoms with van der Waals surface area (Å²) in [5, 5.41) is 4.24. The molecule has 1 fully saturated rings. The second-order valence-corrected chi connectivity index (χ2v) is 4.83. The minimum absolute atomic E-state index is 0.0646. The van der Waals surface area contributed by atoms with Crippen molar-refractivity contribution in [1.82, 2.24) is 5.32 Å². The van der Waals surface area contributed by atoms with E-state index < -0.39 is 10.0 Å². The van der Waals surface area contributed by atoms with E-state index in [-0.39, 0.29) is 6.10 Å². The zero-order valence-corrected chi connectivity index (χ0v) is 8.46. The predicted octanol–water partition coefficient (Wildman–Crippen LogP) is 0.0106. The van der Waals surface area contributed by atoms with E-state index >= 15 is 0 Å². The molecule has 14 heavy (non-hydrogen) atoms. The first kappa shape index (κ1) is 9.67. The highest BCUT2D eigenvalue weighted by Gasteiger charge is 2.19. The molecule has 0 aliphatic carbocycles. The molecular weight excluding hydrogens is 204 g/mol. The van der Waals surface area contributed by atoms with Gasteiger partial charge in [0.05, 0.1) is 11.6 Å². The molecule has 78 valence electrons. The van der Waals surface area contributed by atoms with Gasteiger partial charge in [-0.2, -0.15) is 12.8 Å². The lowest BCUT2D eigenvalue weighted by atomic mass is 10.1. The maximum atomic E-state index is 10.9. The summed E-state index contributed by atoms with van der Waals surface area (Å²) in [7, 11) is -3.38. The molecule has 1 saturated heterocycles. The molecule has 6 heteroatoms. The number of nitrogens with one attached hydrogen (secondary N) is 1. The molecule has 2 rings (SSSR count). The average Bonchev–Trinajstić information content (AvgIpc) is 2.47. The molecule has 0 aromatic carbocycles. The molecule has 0 amide bonds. The third kappa shape index (κ3) is 2.33. The molecule has 2 aliphatic heterocycles. The number of hydrogen-bond acceptors (Lipinski definition) is 4. The number of allylic oxidation sites excluding steroid dienone is 1. The summed E-state index contributed by atoms with van der Waals surface area (Å²) in [5.74, 6) is 0.346. The Morgan fingerprint density at radius 1 is 1.57 bits per heavy atom. The van der Waals surface area contributed by atoms with Crippen molar-refractivity contribution in [1.29, 1.82) is 0 Å². The first-order valence-corrected chi connectivity index (χ1v) is 6.05. The van der Waals surface area contributed by atoms with Crippen LogP contribution in [0.3, 0.4) is 0 Å². The minimum atomic E-state index is -3.38. The van der Waals surface area contributed by atoms with Crippen molar-refractivity contribution in [2.45, 2.75) is 18.9 Å². The van der Waals surface area contributed by atoms with E-state index in [1.165, 1.54) is 6.21 Å². The van der Waals surface area contributed by atoms with Crippen molar-refractivity contribution in [2.75, 3.05) is 13.1 Å². The average molecular weight is 216 g/mol. The van der Waals surface area contributed by atoms with E-state index in [4.69, 9.17) is 4.74 Å². The number of rotatable bonds is 2. The highest BCUT2D eigenvalue weighted by molar-refractivity contribution is 7.93. The van der Waals surface area contributed by atoms with E-state index in [9.17, 15) is 8.42 Å². The van der Waals surface area contributed by atoms with Crippen molar-refractivity contribution in [3.63, 3.8) is 0 Å². The van der Waals surface area contributed by atoms with Crippen molar-refractivity contribution >= 4 is 16.2 Å². The molecule has 2 heterocycles. The number of piperidine rings is 1. The largest absolute Gasteiger partial charge is 0.487 e. The molecular formula is C8H12N2O3S. The fourth-order valence-corrected chi connectivity index (χ4v) is 2.23. The van der Waals surface area contributed by atoms with Crippen LogP contribution in [-0.4, -0.2) is 33.8 Å². The summed E-state index contributed by atoms with van der Waals surface area (Å²) in [6, 6.07) is 0. The van der Waals surface area contributed by atoms with Gasteiger partial charge in [0, 0.05) is 6.54 Å². The fraction of sp³-hybridized carbons (Fsp3) is 0.625. The van der Waals surface area contributed by atoms with Gasteiger partial charge >= 0.3 is 0 Å². The molecule has 1 unspecified atom stereocenters. The third-order valence-electron chi connectivity index (χ3n) is 2.15. The van der Waals surface area contributed by atoms with Crippen LogP contribution in [0.4, 0.5) is 0 Å². The molecule has 0 radical (unpaired) electrons. The Bertz CT molecular complexity index is 366. The maximum absolute atomic E-state index is 10.9. The SMILES string of the molecule is O=S1(=O)C=C(OC2CCCNC2)C=N1. The van der Waals surface area contributed by atoms with Crippen LogP contribution in [-0.2, 0) is 14.8 Å². The number of sulfonamides is 1. The van der Waals surface area contributed by atoms with E-state index in [0.717, 1.165) is 31.3 Å².